The number of thiophene rings is 1. The van der Waals surface area contributed by atoms with Gasteiger partial charge in [0.1, 0.15) is 0 Å². The van der Waals surface area contributed by atoms with Gasteiger partial charge in [0.15, 0.2) is 0 Å². The Labute approximate surface area is 135 Å². The van der Waals surface area contributed by atoms with Gasteiger partial charge in [-0.3, -0.25) is 0 Å². The summed E-state index contributed by atoms with van der Waals surface area (Å²) in [6.07, 6.45) is 3.61. The Bertz CT molecular complexity index is 545. The number of nitrogens with one attached hydrogen (secondary N) is 2. The van der Waals surface area contributed by atoms with E-state index in [9.17, 15) is 8.42 Å². The van der Waals surface area contributed by atoms with Gasteiger partial charge in [0, 0.05) is 30.6 Å². The topological polar surface area (TPSA) is 61.4 Å². The highest BCUT2D eigenvalue weighted by Gasteiger charge is 2.31. The van der Waals surface area contributed by atoms with Gasteiger partial charge >= 0.3 is 0 Å². The fraction of sp³-hybridized carbons (Fsp3) is 0.692. The van der Waals surface area contributed by atoms with E-state index in [1.54, 1.807) is 4.31 Å². The third-order valence-electron chi connectivity index (χ3n) is 3.61. The van der Waals surface area contributed by atoms with Crippen LogP contribution in [0.1, 0.15) is 24.1 Å². The lowest BCUT2D eigenvalue weighted by Crippen LogP contribution is -2.52. The smallest absolute Gasteiger partial charge is 0.279 e. The van der Waals surface area contributed by atoms with Gasteiger partial charge in [0.05, 0.1) is 4.34 Å². The van der Waals surface area contributed by atoms with Crippen LogP contribution in [-0.4, -0.2) is 45.4 Å². The fourth-order valence-electron chi connectivity index (χ4n) is 2.60. The minimum atomic E-state index is -3.40. The lowest BCUT2D eigenvalue weighted by atomic mass is 10.1. The maximum absolute atomic E-state index is 12.4. The molecule has 5 nitrogen and oxygen atoms in total. The average molecular weight is 352 g/mol. The Morgan fingerprint density at radius 3 is 2.90 bits per heavy atom. The Morgan fingerprint density at radius 1 is 1.43 bits per heavy atom. The van der Waals surface area contributed by atoms with Gasteiger partial charge < -0.3 is 5.32 Å². The summed E-state index contributed by atoms with van der Waals surface area (Å²) < 4.78 is 29.9. The molecular formula is C13H22ClN3O2S2. The van der Waals surface area contributed by atoms with Crippen LogP contribution >= 0.6 is 22.9 Å². The van der Waals surface area contributed by atoms with Gasteiger partial charge in [-0.25, -0.2) is 4.72 Å². The van der Waals surface area contributed by atoms with E-state index in [4.69, 9.17) is 11.6 Å². The molecule has 2 heterocycles. The number of halogens is 1. The molecule has 1 saturated heterocycles. The lowest BCUT2D eigenvalue weighted by molar-refractivity contribution is 0.246. The van der Waals surface area contributed by atoms with Gasteiger partial charge in [0.25, 0.3) is 10.2 Å². The first kappa shape index (κ1) is 17.2. The number of nitrogens with zero attached hydrogens (tertiary/aromatic N) is 1. The van der Waals surface area contributed by atoms with Crippen molar-refractivity contribution in [3.8, 4) is 0 Å². The van der Waals surface area contributed by atoms with Crippen LogP contribution in [0.4, 0.5) is 0 Å². The molecule has 0 aromatic carbocycles. The molecule has 1 aliphatic rings. The molecule has 1 unspecified atom stereocenters. The predicted octanol–water partition coefficient (Wildman–Crippen LogP) is 1.85. The first-order valence-electron chi connectivity index (χ1n) is 7.18. The van der Waals surface area contributed by atoms with Crippen molar-refractivity contribution in [2.75, 3.05) is 26.7 Å². The van der Waals surface area contributed by atoms with Crippen LogP contribution in [0.25, 0.3) is 0 Å². The van der Waals surface area contributed by atoms with Crippen molar-refractivity contribution >= 4 is 33.1 Å². The molecule has 0 saturated carbocycles. The Hall–Kier alpha value is -0.180. The number of likely N-dealkylation sites (N-methyl/N-ethyl adjacent to an activating group) is 1. The van der Waals surface area contributed by atoms with Gasteiger partial charge in [-0.05, 0) is 38.4 Å². The van der Waals surface area contributed by atoms with E-state index in [1.807, 2.05) is 19.2 Å². The van der Waals surface area contributed by atoms with Crippen molar-refractivity contribution in [3.05, 3.63) is 21.3 Å². The van der Waals surface area contributed by atoms with Gasteiger partial charge in [-0.2, -0.15) is 12.7 Å². The zero-order valence-electron chi connectivity index (χ0n) is 12.1. The quantitative estimate of drug-likeness (QED) is 0.788. The van der Waals surface area contributed by atoms with Crippen LogP contribution in [0.5, 0.6) is 0 Å². The maximum Gasteiger partial charge on any atom is 0.279 e. The molecule has 1 aromatic rings. The summed E-state index contributed by atoms with van der Waals surface area (Å²) in [5, 5.41) is 3.08. The van der Waals surface area contributed by atoms with Crippen LogP contribution in [0.3, 0.4) is 0 Å². The second-order valence-corrected chi connectivity index (χ2v) is 8.68. The highest BCUT2D eigenvalue weighted by molar-refractivity contribution is 7.87. The van der Waals surface area contributed by atoms with E-state index in [1.165, 1.54) is 11.3 Å². The Balaban J connectivity index is 1.90. The summed E-state index contributed by atoms with van der Waals surface area (Å²) in [4.78, 5) is 1.09. The zero-order valence-corrected chi connectivity index (χ0v) is 14.5. The van der Waals surface area contributed by atoms with E-state index in [-0.39, 0.29) is 6.04 Å². The lowest BCUT2D eigenvalue weighted by Gasteiger charge is -2.34. The molecule has 0 aliphatic carbocycles. The highest BCUT2D eigenvalue weighted by atomic mass is 35.5. The van der Waals surface area contributed by atoms with Crippen molar-refractivity contribution in [3.63, 3.8) is 0 Å². The van der Waals surface area contributed by atoms with Crippen LogP contribution in [-0.2, 0) is 16.6 Å². The molecule has 1 aliphatic heterocycles. The first-order chi connectivity index (χ1) is 10.0. The molecule has 0 amide bonds. The number of hydrogen-bond acceptors (Lipinski definition) is 4. The molecule has 2 N–H and O–H groups in total. The molecule has 1 fully saturated rings. The third-order valence-corrected chi connectivity index (χ3v) is 6.56. The van der Waals surface area contributed by atoms with E-state index in [0.717, 1.165) is 28.5 Å². The Kier molecular flexibility index (Phi) is 6.46. The van der Waals surface area contributed by atoms with Crippen molar-refractivity contribution in [1.29, 1.82) is 0 Å². The van der Waals surface area contributed by atoms with Crippen molar-refractivity contribution in [2.24, 2.45) is 0 Å². The second kappa shape index (κ2) is 7.89. The molecule has 1 atom stereocenters. The molecule has 0 radical (unpaired) electrons. The first-order valence-corrected chi connectivity index (χ1v) is 9.81. The molecule has 21 heavy (non-hydrogen) atoms. The van der Waals surface area contributed by atoms with Crippen LogP contribution in [0.2, 0.25) is 4.34 Å². The minimum Gasteiger partial charge on any atom is -0.318 e. The number of hydrogen-bond donors (Lipinski definition) is 2. The molecule has 120 valence electrons. The minimum absolute atomic E-state index is 0.0532. The monoisotopic (exact) mass is 351 g/mol. The van der Waals surface area contributed by atoms with E-state index < -0.39 is 10.2 Å². The highest BCUT2D eigenvalue weighted by Crippen LogP contribution is 2.22. The summed E-state index contributed by atoms with van der Waals surface area (Å²) in [5.74, 6) is 0. The largest absolute Gasteiger partial charge is 0.318 e. The SMILES string of the molecule is CNCC1CCCCN1S(=O)(=O)NCCc1ccc(Cl)s1. The molecule has 0 bridgehead atoms. The fourth-order valence-corrected chi connectivity index (χ4v) is 5.16. The standard InChI is InChI=1S/C13H22ClN3O2S2/c1-15-10-11-4-2-3-9-17(11)21(18,19)16-8-7-12-5-6-13(14)20-12/h5-6,11,15-16H,2-4,7-10H2,1H3. The van der Waals surface area contributed by atoms with Crippen LogP contribution in [0, 0.1) is 0 Å². The maximum atomic E-state index is 12.4. The molecule has 1 aromatic heterocycles. The second-order valence-electron chi connectivity index (χ2n) is 5.17. The van der Waals surface area contributed by atoms with Crippen LogP contribution < -0.4 is 10.0 Å². The molecule has 2 rings (SSSR count). The van der Waals surface area contributed by atoms with Crippen molar-refractivity contribution in [1.82, 2.24) is 14.3 Å². The van der Waals surface area contributed by atoms with E-state index in [0.29, 0.717) is 26.1 Å². The Morgan fingerprint density at radius 2 is 2.24 bits per heavy atom. The summed E-state index contributed by atoms with van der Waals surface area (Å²) in [6.45, 7) is 1.70. The van der Waals surface area contributed by atoms with Gasteiger partial charge in [-0.1, -0.05) is 18.0 Å². The summed E-state index contributed by atoms with van der Waals surface area (Å²) in [6, 6.07) is 3.83. The predicted molar refractivity (Wildman–Crippen MR) is 88.2 cm³/mol. The zero-order chi connectivity index (χ0) is 15.3. The third kappa shape index (κ3) is 4.91. The van der Waals surface area contributed by atoms with Crippen molar-refractivity contribution < 1.29 is 8.42 Å². The van der Waals surface area contributed by atoms with Gasteiger partial charge in [0.2, 0.25) is 0 Å². The van der Waals surface area contributed by atoms with Crippen LogP contribution in [0.15, 0.2) is 12.1 Å². The average Bonchev–Trinajstić information content (AvgIpc) is 2.85. The summed E-state index contributed by atoms with van der Waals surface area (Å²) in [7, 11) is -1.55. The van der Waals surface area contributed by atoms with E-state index >= 15 is 0 Å². The van der Waals surface area contributed by atoms with Gasteiger partial charge in [-0.15, -0.1) is 11.3 Å². The molecule has 0 spiro atoms. The molecule has 8 heteroatoms. The number of rotatable bonds is 7. The normalized spacial score (nSPS) is 20.8. The summed E-state index contributed by atoms with van der Waals surface area (Å²) in [5.41, 5.74) is 0. The number of piperidine rings is 1. The van der Waals surface area contributed by atoms with Crippen molar-refractivity contribution in [2.45, 2.75) is 31.7 Å². The van der Waals surface area contributed by atoms with E-state index in [2.05, 4.69) is 10.0 Å². The molecular weight excluding hydrogens is 330 g/mol. The summed E-state index contributed by atoms with van der Waals surface area (Å²) >= 11 is 7.36.